The second kappa shape index (κ2) is 4.97. The molecule has 16 heavy (non-hydrogen) atoms. The van der Waals surface area contributed by atoms with Gasteiger partial charge in [0.25, 0.3) is 0 Å². The van der Waals surface area contributed by atoms with Crippen molar-refractivity contribution in [2.24, 2.45) is 0 Å². The number of aromatic nitrogens is 1. The average molecular weight is 250 g/mol. The predicted molar refractivity (Wildman–Crippen MR) is 65.6 cm³/mol. The largest absolute Gasteiger partial charge is 0.380 e. The molecule has 0 atom stereocenters. The van der Waals surface area contributed by atoms with Gasteiger partial charge in [0.15, 0.2) is 0 Å². The third-order valence-electron chi connectivity index (χ3n) is 2.04. The lowest BCUT2D eigenvalue weighted by Gasteiger charge is -2.05. The molecule has 5 heteroatoms. The van der Waals surface area contributed by atoms with Crippen LogP contribution in [-0.4, -0.2) is 4.98 Å². The first-order valence-electron chi connectivity index (χ1n) is 4.60. The SMILES string of the molecule is N#Cc1ccc(NCc2cncs2)cc1Cl. The van der Waals surface area contributed by atoms with E-state index in [0.29, 0.717) is 17.1 Å². The maximum atomic E-state index is 8.73. The lowest BCUT2D eigenvalue weighted by atomic mass is 10.2. The molecule has 0 radical (unpaired) electrons. The van der Waals surface area contributed by atoms with Crippen molar-refractivity contribution in [2.75, 3.05) is 5.32 Å². The van der Waals surface area contributed by atoms with E-state index in [1.165, 1.54) is 0 Å². The Hall–Kier alpha value is -1.57. The summed E-state index contributed by atoms with van der Waals surface area (Å²) in [4.78, 5) is 5.14. The van der Waals surface area contributed by atoms with Crippen molar-refractivity contribution in [3.8, 4) is 6.07 Å². The maximum absolute atomic E-state index is 8.73. The van der Waals surface area contributed by atoms with Gasteiger partial charge in [0.1, 0.15) is 6.07 Å². The number of thiazole rings is 1. The van der Waals surface area contributed by atoms with Gasteiger partial charge >= 0.3 is 0 Å². The molecule has 0 saturated carbocycles. The lowest BCUT2D eigenvalue weighted by molar-refractivity contribution is 1.17. The van der Waals surface area contributed by atoms with Gasteiger partial charge in [0.2, 0.25) is 0 Å². The molecule has 1 heterocycles. The van der Waals surface area contributed by atoms with Crippen LogP contribution < -0.4 is 5.32 Å². The summed E-state index contributed by atoms with van der Waals surface area (Å²) >= 11 is 7.51. The number of rotatable bonds is 3. The fourth-order valence-corrected chi connectivity index (χ4v) is 1.99. The summed E-state index contributed by atoms with van der Waals surface area (Å²) in [5.41, 5.74) is 3.19. The number of anilines is 1. The molecular weight excluding hydrogens is 242 g/mol. The first-order valence-corrected chi connectivity index (χ1v) is 5.86. The van der Waals surface area contributed by atoms with Gasteiger partial charge in [-0.3, -0.25) is 4.98 Å². The first kappa shape index (κ1) is 10.9. The van der Waals surface area contributed by atoms with Crippen LogP contribution in [0.3, 0.4) is 0 Å². The van der Waals surface area contributed by atoms with Gasteiger partial charge in [0.05, 0.1) is 22.6 Å². The van der Waals surface area contributed by atoms with Crippen LogP contribution in [0.4, 0.5) is 5.69 Å². The van der Waals surface area contributed by atoms with Gasteiger partial charge in [-0.15, -0.1) is 11.3 Å². The van der Waals surface area contributed by atoms with Crippen molar-refractivity contribution in [2.45, 2.75) is 6.54 Å². The van der Waals surface area contributed by atoms with Gasteiger partial charge in [-0.2, -0.15) is 5.26 Å². The molecule has 0 bridgehead atoms. The van der Waals surface area contributed by atoms with E-state index in [1.54, 1.807) is 29.0 Å². The zero-order valence-electron chi connectivity index (χ0n) is 8.27. The Morgan fingerprint density at radius 3 is 3.00 bits per heavy atom. The Bertz CT molecular complexity index is 517. The van der Waals surface area contributed by atoms with E-state index < -0.39 is 0 Å². The second-order valence-electron chi connectivity index (χ2n) is 3.13. The third kappa shape index (κ3) is 2.51. The molecule has 1 aromatic carbocycles. The normalized spacial score (nSPS) is 9.75. The summed E-state index contributed by atoms with van der Waals surface area (Å²) in [5, 5.41) is 12.4. The molecule has 0 unspecified atom stereocenters. The molecule has 0 saturated heterocycles. The molecular formula is C11H8ClN3S. The third-order valence-corrected chi connectivity index (χ3v) is 3.13. The molecule has 0 aliphatic rings. The molecule has 1 N–H and O–H groups in total. The Kier molecular flexibility index (Phi) is 3.40. The molecule has 0 amide bonds. The molecule has 0 spiro atoms. The Morgan fingerprint density at radius 1 is 1.50 bits per heavy atom. The van der Waals surface area contributed by atoms with E-state index in [0.717, 1.165) is 10.6 Å². The topological polar surface area (TPSA) is 48.7 Å². The van der Waals surface area contributed by atoms with E-state index in [9.17, 15) is 0 Å². The minimum absolute atomic E-state index is 0.469. The van der Waals surface area contributed by atoms with Crippen LogP contribution in [0.15, 0.2) is 29.9 Å². The minimum Gasteiger partial charge on any atom is -0.380 e. The standard InChI is InChI=1S/C11H8ClN3S/c12-11-3-9(2-1-8(11)4-13)15-6-10-5-14-7-16-10/h1-3,5,7,15H,6H2. The van der Waals surface area contributed by atoms with Crippen LogP contribution in [0.1, 0.15) is 10.4 Å². The number of hydrogen-bond donors (Lipinski definition) is 1. The summed E-state index contributed by atoms with van der Waals surface area (Å²) in [5.74, 6) is 0. The fraction of sp³-hybridized carbons (Fsp3) is 0.0909. The molecule has 0 aliphatic carbocycles. The van der Waals surface area contributed by atoms with Crippen LogP contribution in [0, 0.1) is 11.3 Å². The van der Waals surface area contributed by atoms with E-state index in [1.807, 2.05) is 18.3 Å². The molecule has 80 valence electrons. The number of benzene rings is 1. The van der Waals surface area contributed by atoms with Crippen molar-refractivity contribution in [3.63, 3.8) is 0 Å². The molecule has 0 aliphatic heterocycles. The summed E-state index contributed by atoms with van der Waals surface area (Å²) in [6, 6.07) is 7.32. The van der Waals surface area contributed by atoms with Crippen molar-refractivity contribution >= 4 is 28.6 Å². The van der Waals surface area contributed by atoms with Gasteiger partial charge in [-0.05, 0) is 18.2 Å². The zero-order chi connectivity index (χ0) is 11.4. The van der Waals surface area contributed by atoms with Crippen LogP contribution in [0.5, 0.6) is 0 Å². The highest BCUT2D eigenvalue weighted by Gasteiger charge is 2.01. The van der Waals surface area contributed by atoms with Crippen molar-refractivity contribution < 1.29 is 0 Å². The average Bonchev–Trinajstić information content (AvgIpc) is 2.79. The highest BCUT2D eigenvalue weighted by atomic mass is 35.5. The maximum Gasteiger partial charge on any atom is 0.101 e. The predicted octanol–water partition coefficient (Wildman–Crippen LogP) is 3.28. The summed E-state index contributed by atoms with van der Waals surface area (Å²) in [6.45, 7) is 0.715. The summed E-state index contributed by atoms with van der Waals surface area (Å²) < 4.78 is 0. The van der Waals surface area contributed by atoms with E-state index in [2.05, 4.69) is 10.3 Å². The number of halogens is 1. The molecule has 3 nitrogen and oxygen atoms in total. The minimum atomic E-state index is 0.469. The Balaban J connectivity index is 2.06. The monoisotopic (exact) mass is 249 g/mol. The van der Waals surface area contributed by atoms with Crippen LogP contribution in [-0.2, 0) is 6.54 Å². The second-order valence-corrected chi connectivity index (χ2v) is 4.51. The zero-order valence-corrected chi connectivity index (χ0v) is 9.85. The number of nitrogens with zero attached hydrogens (tertiary/aromatic N) is 2. The molecule has 2 aromatic rings. The van der Waals surface area contributed by atoms with Crippen LogP contribution in [0.2, 0.25) is 5.02 Å². The van der Waals surface area contributed by atoms with E-state index in [-0.39, 0.29) is 0 Å². The van der Waals surface area contributed by atoms with Crippen molar-refractivity contribution in [3.05, 3.63) is 45.4 Å². The van der Waals surface area contributed by atoms with Gasteiger partial charge in [-0.25, -0.2) is 0 Å². The summed E-state index contributed by atoms with van der Waals surface area (Å²) in [6.07, 6.45) is 1.82. The van der Waals surface area contributed by atoms with Crippen molar-refractivity contribution in [1.82, 2.24) is 4.98 Å². The highest BCUT2D eigenvalue weighted by Crippen LogP contribution is 2.20. The number of nitrogens with one attached hydrogen (secondary N) is 1. The van der Waals surface area contributed by atoms with Crippen LogP contribution >= 0.6 is 22.9 Å². The number of hydrogen-bond acceptors (Lipinski definition) is 4. The molecule has 1 aromatic heterocycles. The van der Waals surface area contributed by atoms with Gasteiger partial charge in [-0.1, -0.05) is 11.6 Å². The van der Waals surface area contributed by atoms with E-state index in [4.69, 9.17) is 16.9 Å². The van der Waals surface area contributed by atoms with E-state index >= 15 is 0 Å². The summed E-state index contributed by atoms with van der Waals surface area (Å²) in [7, 11) is 0. The molecule has 2 rings (SSSR count). The smallest absolute Gasteiger partial charge is 0.101 e. The Morgan fingerprint density at radius 2 is 2.38 bits per heavy atom. The first-order chi connectivity index (χ1) is 7.79. The quantitative estimate of drug-likeness (QED) is 0.908. The molecule has 0 fully saturated rings. The van der Waals surface area contributed by atoms with Gasteiger partial charge in [0, 0.05) is 16.8 Å². The lowest BCUT2D eigenvalue weighted by Crippen LogP contribution is -1.97. The fourth-order valence-electron chi connectivity index (χ4n) is 1.23. The van der Waals surface area contributed by atoms with Gasteiger partial charge < -0.3 is 5.32 Å². The highest BCUT2D eigenvalue weighted by molar-refractivity contribution is 7.09. The number of nitriles is 1. The Labute approximate surface area is 102 Å². The van der Waals surface area contributed by atoms with Crippen LogP contribution in [0.25, 0.3) is 0 Å². The van der Waals surface area contributed by atoms with Crippen molar-refractivity contribution in [1.29, 1.82) is 5.26 Å².